The van der Waals surface area contributed by atoms with Crippen LogP contribution >= 0.6 is 0 Å². The quantitative estimate of drug-likeness (QED) is 0.814. The van der Waals surface area contributed by atoms with E-state index >= 15 is 0 Å². The van der Waals surface area contributed by atoms with Crippen LogP contribution < -0.4 is 0 Å². The highest BCUT2D eigenvalue weighted by molar-refractivity contribution is 6.04. The van der Waals surface area contributed by atoms with Crippen LogP contribution in [0.1, 0.15) is 47.9 Å². The first kappa shape index (κ1) is 15.2. The van der Waals surface area contributed by atoms with Crippen LogP contribution in [0.3, 0.4) is 0 Å². The fourth-order valence-electron chi connectivity index (χ4n) is 5.04. The molecule has 3 nitrogen and oxygen atoms in total. The summed E-state index contributed by atoms with van der Waals surface area (Å²) in [6, 6.07) is 17.5. The molecular weight excluding hydrogens is 308 g/mol. The van der Waals surface area contributed by atoms with Gasteiger partial charge >= 0.3 is 0 Å². The molecule has 0 N–H and O–H groups in total. The second-order valence-corrected chi connectivity index (χ2v) is 7.68. The Hall–Kier alpha value is -2.13. The predicted molar refractivity (Wildman–Crippen MR) is 99.6 cm³/mol. The maximum atomic E-state index is 6.36. The Morgan fingerprint density at radius 1 is 1.04 bits per heavy atom. The molecule has 128 valence electrons. The molecule has 0 radical (unpaired) electrons. The van der Waals surface area contributed by atoms with Crippen LogP contribution in [0.4, 0.5) is 0 Å². The van der Waals surface area contributed by atoms with Crippen LogP contribution in [0.5, 0.6) is 0 Å². The van der Waals surface area contributed by atoms with Crippen molar-refractivity contribution in [2.24, 2.45) is 11.1 Å². The lowest BCUT2D eigenvalue weighted by atomic mass is 9.82. The van der Waals surface area contributed by atoms with Crippen molar-refractivity contribution in [3.63, 3.8) is 0 Å². The van der Waals surface area contributed by atoms with Crippen LogP contribution in [-0.4, -0.2) is 23.7 Å². The van der Waals surface area contributed by atoms with Crippen molar-refractivity contribution < 1.29 is 4.84 Å². The zero-order chi connectivity index (χ0) is 17.0. The van der Waals surface area contributed by atoms with Gasteiger partial charge in [-0.1, -0.05) is 66.2 Å². The molecule has 3 atom stereocenters. The normalized spacial score (nSPS) is 30.7. The minimum absolute atomic E-state index is 0.255. The lowest BCUT2D eigenvalue weighted by Gasteiger charge is -2.38. The first-order chi connectivity index (χ1) is 12.2. The summed E-state index contributed by atoms with van der Waals surface area (Å²) in [6.07, 6.45) is 2.49. The van der Waals surface area contributed by atoms with E-state index in [9.17, 15) is 0 Å². The SMILES string of the molecule is Cc1ccc(C2=NO[C@@]3(N4CCCC4)c4ccccc4[C@H](C)[C@@H]23)cc1. The first-order valence-corrected chi connectivity index (χ1v) is 9.39. The Morgan fingerprint density at radius 3 is 2.52 bits per heavy atom. The van der Waals surface area contributed by atoms with Crippen LogP contribution in [-0.2, 0) is 10.6 Å². The lowest BCUT2D eigenvalue weighted by Crippen LogP contribution is -2.49. The van der Waals surface area contributed by atoms with Crippen LogP contribution in [0.15, 0.2) is 53.7 Å². The smallest absolute Gasteiger partial charge is 0.226 e. The van der Waals surface area contributed by atoms with E-state index in [1.54, 1.807) is 0 Å². The Kier molecular flexibility index (Phi) is 3.29. The lowest BCUT2D eigenvalue weighted by molar-refractivity contribution is -0.156. The molecule has 2 aliphatic heterocycles. The summed E-state index contributed by atoms with van der Waals surface area (Å²) in [4.78, 5) is 8.89. The minimum atomic E-state index is -0.410. The van der Waals surface area contributed by atoms with Gasteiger partial charge in [0.15, 0.2) is 0 Å². The number of aryl methyl sites for hydroxylation is 1. The summed E-state index contributed by atoms with van der Waals surface area (Å²) in [7, 11) is 0. The summed E-state index contributed by atoms with van der Waals surface area (Å²) in [5, 5.41) is 4.66. The fraction of sp³-hybridized carbons (Fsp3) is 0.409. The number of nitrogens with zero attached hydrogens (tertiary/aromatic N) is 2. The number of fused-ring (bicyclic) bond motifs is 3. The van der Waals surface area contributed by atoms with Crippen LogP contribution in [0.2, 0.25) is 0 Å². The van der Waals surface area contributed by atoms with Gasteiger partial charge in [-0.2, -0.15) is 0 Å². The van der Waals surface area contributed by atoms with Gasteiger partial charge in [0.1, 0.15) is 0 Å². The average Bonchev–Trinajstić information content (AvgIpc) is 3.34. The molecular formula is C22H24N2O. The zero-order valence-electron chi connectivity index (χ0n) is 14.9. The molecule has 2 aromatic carbocycles. The topological polar surface area (TPSA) is 24.8 Å². The van der Waals surface area contributed by atoms with E-state index < -0.39 is 5.72 Å². The second-order valence-electron chi connectivity index (χ2n) is 7.68. The highest BCUT2D eigenvalue weighted by Crippen LogP contribution is 2.57. The van der Waals surface area contributed by atoms with Crippen molar-refractivity contribution in [1.82, 2.24) is 4.90 Å². The van der Waals surface area contributed by atoms with E-state index in [1.807, 2.05) is 0 Å². The number of oxime groups is 1. The standard InChI is InChI=1S/C22H24N2O/c1-15-9-11-17(12-10-15)21-20-16(2)18-7-3-4-8-19(18)22(20,25-23-21)24-13-5-6-14-24/h3-4,7-12,16,20H,5-6,13-14H2,1-2H3/t16-,20-,22-/m0/s1. The molecule has 0 aromatic heterocycles. The highest BCUT2D eigenvalue weighted by Gasteiger charge is 2.62. The number of benzene rings is 2. The number of likely N-dealkylation sites (tertiary alicyclic amines) is 1. The first-order valence-electron chi connectivity index (χ1n) is 9.39. The molecule has 2 aromatic rings. The third kappa shape index (κ3) is 1.99. The van der Waals surface area contributed by atoms with Gasteiger partial charge in [-0.25, -0.2) is 0 Å². The maximum Gasteiger partial charge on any atom is 0.226 e. The van der Waals surface area contributed by atoms with Gasteiger partial charge in [-0.05, 0) is 36.8 Å². The molecule has 2 heterocycles. The minimum Gasteiger partial charge on any atom is -0.367 e. The number of hydrogen-bond donors (Lipinski definition) is 0. The molecule has 1 fully saturated rings. The molecule has 1 aliphatic carbocycles. The van der Waals surface area contributed by atoms with Crippen molar-refractivity contribution >= 4 is 5.71 Å². The summed E-state index contributed by atoms with van der Waals surface area (Å²) >= 11 is 0. The van der Waals surface area contributed by atoms with Gasteiger partial charge < -0.3 is 4.84 Å². The molecule has 1 saturated heterocycles. The van der Waals surface area contributed by atoms with Gasteiger partial charge in [-0.15, -0.1) is 0 Å². The molecule has 3 aliphatic rings. The summed E-state index contributed by atoms with van der Waals surface area (Å²) < 4.78 is 0. The predicted octanol–water partition coefficient (Wildman–Crippen LogP) is 4.41. The maximum absolute atomic E-state index is 6.36. The third-order valence-electron chi connectivity index (χ3n) is 6.26. The van der Waals surface area contributed by atoms with Gasteiger partial charge in [0.25, 0.3) is 0 Å². The van der Waals surface area contributed by atoms with Crippen molar-refractivity contribution in [1.29, 1.82) is 0 Å². The van der Waals surface area contributed by atoms with E-state index in [-0.39, 0.29) is 5.92 Å². The zero-order valence-corrected chi connectivity index (χ0v) is 14.9. The second kappa shape index (κ2) is 5.43. The summed E-state index contributed by atoms with van der Waals surface area (Å²) in [6.45, 7) is 6.64. The van der Waals surface area contributed by atoms with E-state index in [4.69, 9.17) is 4.84 Å². The molecule has 3 heteroatoms. The Labute approximate surface area is 149 Å². The van der Waals surface area contributed by atoms with E-state index in [1.165, 1.54) is 35.1 Å². The van der Waals surface area contributed by atoms with Gasteiger partial charge in [0.05, 0.1) is 11.6 Å². The van der Waals surface area contributed by atoms with Crippen molar-refractivity contribution in [3.8, 4) is 0 Å². The number of rotatable bonds is 2. The number of hydrogen-bond acceptors (Lipinski definition) is 3. The van der Waals surface area contributed by atoms with Gasteiger partial charge in [-0.3, -0.25) is 4.90 Å². The molecule has 5 rings (SSSR count). The Morgan fingerprint density at radius 2 is 1.76 bits per heavy atom. The molecule has 0 unspecified atom stereocenters. The molecule has 0 bridgehead atoms. The van der Waals surface area contributed by atoms with Gasteiger partial charge in [0, 0.05) is 18.7 Å². The van der Waals surface area contributed by atoms with Crippen molar-refractivity contribution in [2.45, 2.75) is 38.3 Å². The molecule has 25 heavy (non-hydrogen) atoms. The van der Waals surface area contributed by atoms with E-state index in [0.29, 0.717) is 5.92 Å². The van der Waals surface area contributed by atoms with Gasteiger partial charge in [0.2, 0.25) is 5.72 Å². The largest absolute Gasteiger partial charge is 0.367 e. The van der Waals surface area contributed by atoms with Crippen molar-refractivity contribution in [3.05, 3.63) is 70.8 Å². The van der Waals surface area contributed by atoms with Crippen molar-refractivity contribution in [2.75, 3.05) is 13.1 Å². The highest BCUT2D eigenvalue weighted by atomic mass is 16.7. The summed E-state index contributed by atoms with van der Waals surface area (Å²) in [5.41, 5.74) is 5.90. The van der Waals surface area contributed by atoms with E-state index in [2.05, 4.69) is 72.4 Å². The van der Waals surface area contributed by atoms with E-state index in [0.717, 1.165) is 18.8 Å². The van der Waals surface area contributed by atoms with Crippen LogP contribution in [0.25, 0.3) is 0 Å². The Balaban J connectivity index is 1.66. The monoisotopic (exact) mass is 332 g/mol. The molecule has 0 spiro atoms. The molecule has 0 amide bonds. The fourth-order valence-corrected chi connectivity index (χ4v) is 5.04. The summed E-state index contributed by atoms with van der Waals surface area (Å²) in [5.74, 6) is 0.657. The molecule has 0 saturated carbocycles. The van der Waals surface area contributed by atoms with Crippen LogP contribution in [0, 0.1) is 12.8 Å². The average molecular weight is 332 g/mol. The Bertz CT molecular complexity index is 835. The third-order valence-corrected chi connectivity index (χ3v) is 6.26.